The molecule has 5 heteroatoms. The molecule has 2 heterocycles. The number of aromatic nitrogens is 2. The highest BCUT2D eigenvalue weighted by Gasteiger charge is 2.31. The second-order valence-electron chi connectivity index (χ2n) is 7.15. The fourth-order valence-corrected chi connectivity index (χ4v) is 2.53. The van der Waals surface area contributed by atoms with Gasteiger partial charge in [0.15, 0.2) is 0 Å². The van der Waals surface area contributed by atoms with Crippen molar-refractivity contribution in [2.75, 3.05) is 25.1 Å². The van der Waals surface area contributed by atoms with E-state index in [1.165, 1.54) is 0 Å². The Kier molecular flexibility index (Phi) is 4.84. The number of anilines is 1. The van der Waals surface area contributed by atoms with Crippen molar-refractivity contribution in [2.24, 2.45) is 0 Å². The minimum Gasteiger partial charge on any atom is -0.377 e. The van der Waals surface area contributed by atoms with E-state index in [-0.39, 0.29) is 11.1 Å². The second kappa shape index (κ2) is 6.28. The van der Waals surface area contributed by atoms with Gasteiger partial charge >= 0.3 is 0 Å². The lowest BCUT2D eigenvalue weighted by molar-refractivity contribution is -0.00482. The fourth-order valence-electron chi connectivity index (χ4n) is 2.53. The van der Waals surface area contributed by atoms with Crippen LogP contribution in [-0.2, 0) is 11.3 Å². The monoisotopic (exact) mass is 292 g/mol. The zero-order valence-electron chi connectivity index (χ0n) is 13.9. The predicted octanol–water partition coefficient (Wildman–Crippen LogP) is 2.37. The maximum absolute atomic E-state index is 5.63. The molecular weight excluding hydrogens is 264 g/mol. The van der Waals surface area contributed by atoms with Crippen LogP contribution >= 0.6 is 0 Å². The molecule has 2 rings (SSSR count). The normalized spacial score (nSPS) is 23.4. The molecule has 1 atom stereocenters. The van der Waals surface area contributed by atoms with Crippen LogP contribution in [0.5, 0.6) is 0 Å². The van der Waals surface area contributed by atoms with E-state index in [0.717, 1.165) is 44.0 Å². The average Bonchev–Trinajstić information content (AvgIpc) is 2.45. The molecule has 0 radical (unpaired) electrons. The first-order chi connectivity index (χ1) is 9.81. The van der Waals surface area contributed by atoms with Crippen LogP contribution in [0.15, 0.2) is 12.4 Å². The third-order valence-corrected chi connectivity index (χ3v) is 3.97. The third kappa shape index (κ3) is 4.64. The largest absolute Gasteiger partial charge is 0.377 e. The van der Waals surface area contributed by atoms with E-state index in [4.69, 9.17) is 4.74 Å². The second-order valence-corrected chi connectivity index (χ2v) is 7.15. The van der Waals surface area contributed by atoms with Gasteiger partial charge in [-0.3, -0.25) is 4.98 Å². The molecular formula is C16H28N4O. The van der Waals surface area contributed by atoms with E-state index in [0.29, 0.717) is 0 Å². The Labute approximate surface area is 128 Å². The Morgan fingerprint density at radius 1 is 1.33 bits per heavy atom. The summed E-state index contributed by atoms with van der Waals surface area (Å²) in [7, 11) is 1.79. The third-order valence-electron chi connectivity index (χ3n) is 3.97. The topological polar surface area (TPSA) is 50.3 Å². The molecule has 0 bridgehead atoms. The zero-order chi connectivity index (χ0) is 15.5. The van der Waals surface area contributed by atoms with Crippen molar-refractivity contribution < 1.29 is 4.74 Å². The van der Waals surface area contributed by atoms with E-state index in [9.17, 15) is 0 Å². The van der Waals surface area contributed by atoms with Gasteiger partial charge in [-0.15, -0.1) is 0 Å². The van der Waals surface area contributed by atoms with Crippen LogP contribution < -0.4 is 10.2 Å². The number of hydrogen-bond donors (Lipinski definition) is 1. The zero-order valence-corrected chi connectivity index (χ0v) is 13.9. The standard InChI is InChI=1S/C16H28N4O/c1-15(2,3)19-10-13-9-18-14(11-17-13)20-8-6-7-16(4,12-20)21-5/h9,11,19H,6-8,10,12H2,1-5H3. The summed E-state index contributed by atoms with van der Waals surface area (Å²) in [5.41, 5.74) is 0.986. The summed E-state index contributed by atoms with van der Waals surface area (Å²) in [5, 5.41) is 3.42. The Hall–Kier alpha value is -1.20. The molecule has 1 N–H and O–H groups in total. The highest BCUT2D eigenvalue weighted by Crippen LogP contribution is 2.26. The van der Waals surface area contributed by atoms with Gasteiger partial charge in [-0.1, -0.05) is 0 Å². The van der Waals surface area contributed by atoms with Gasteiger partial charge in [0.25, 0.3) is 0 Å². The number of rotatable bonds is 4. The smallest absolute Gasteiger partial charge is 0.147 e. The summed E-state index contributed by atoms with van der Waals surface area (Å²) in [6.45, 7) is 11.2. The van der Waals surface area contributed by atoms with Crippen molar-refractivity contribution in [3.63, 3.8) is 0 Å². The molecule has 1 saturated heterocycles. The summed E-state index contributed by atoms with van der Waals surface area (Å²) in [4.78, 5) is 11.4. The Bertz CT molecular complexity index is 454. The first-order valence-electron chi connectivity index (χ1n) is 7.67. The number of nitrogens with one attached hydrogen (secondary N) is 1. The Morgan fingerprint density at radius 3 is 2.67 bits per heavy atom. The van der Waals surface area contributed by atoms with Crippen molar-refractivity contribution in [3.05, 3.63) is 18.1 Å². The lowest BCUT2D eigenvalue weighted by Crippen LogP contribution is -2.47. The fraction of sp³-hybridized carbons (Fsp3) is 0.750. The van der Waals surface area contributed by atoms with Crippen LogP contribution in [0.1, 0.15) is 46.2 Å². The van der Waals surface area contributed by atoms with Gasteiger partial charge in [0.05, 0.1) is 23.7 Å². The molecule has 1 unspecified atom stereocenters. The molecule has 0 amide bonds. The van der Waals surface area contributed by atoms with Gasteiger partial charge < -0.3 is 15.0 Å². The molecule has 0 aliphatic carbocycles. The highest BCUT2D eigenvalue weighted by molar-refractivity contribution is 5.37. The Morgan fingerprint density at radius 2 is 2.10 bits per heavy atom. The molecule has 1 aromatic rings. The molecule has 1 aliphatic heterocycles. The number of hydrogen-bond acceptors (Lipinski definition) is 5. The molecule has 1 fully saturated rings. The molecule has 21 heavy (non-hydrogen) atoms. The summed E-state index contributed by atoms with van der Waals surface area (Å²) < 4.78 is 5.63. The quantitative estimate of drug-likeness (QED) is 0.923. The maximum Gasteiger partial charge on any atom is 0.147 e. The van der Waals surface area contributed by atoms with Crippen molar-refractivity contribution in [1.82, 2.24) is 15.3 Å². The van der Waals surface area contributed by atoms with Crippen LogP contribution in [0.25, 0.3) is 0 Å². The summed E-state index contributed by atoms with van der Waals surface area (Å²) in [6.07, 6.45) is 5.97. The Balaban J connectivity index is 1.98. The van der Waals surface area contributed by atoms with Crippen LogP contribution in [0.3, 0.4) is 0 Å². The van der Waals surface area contributed by atoms with Gasteiger partial charge in [-0.25, -0.2) is 4.98 Å². The van der Waals surface area contributed by atoms with E-state index >= 15 is 0 Å². The van der Waals surface area contributed by atoms with E-state index in [1.807, 2.05) is 12.4 Å². The lowest BCUT2D eigenvalue weighted by Gasteiger charge is -2.39. The summed E-state index contributed by atoms with van der Waals surface area (Å²) >= 11 is 0. The SMILES string of the molecule is COC1(C)CCCN(c2cnc(CNC(C)(C)C)cn2)C1. The van der Waals surface area contributed by atoms with Gasteiger partial charge in [0.1, 0.15) is 5.82 Å². The van der Waals surface area contributed by atoms with Gasteiger partial charge in [0, 0.05) is 32.3 Å². The minimum absolute atomic E-state index is 0.0770. The maximum atomic E-state index is 5.63. The lowest BCUT2D eigenvalue weighted by atomic mass is 9.95. The number of methoxy groups -OCH3 is 1. The summed E-state index contributed by atoms with van der Waals surface area (Å²) in [5.74, 6) is 0.942. The average molecular weight is 292 g/mol. The van der Waals surface area contributed by atoms with E-state index in [2.05, 4.69) is 47.9 Å². The number of ether oxygens (including phenoxy) is 1. The van der Waals surface area contributed by atoms with Gasteiger partial charge in [-0.2, -0.15) is 0 Å². The first-order valence-corrected chi connectivity index (χ1v) is 7.67. The van der Waals surface area contributed by atoms with Crippen molar-refractivity contribution in [3.8, 4) is 0 Å². The number of piperidine rings is 1. The molecule has 5 nitrogen and oxygen atoms in total. The predicted molar refractivity (Wildman–Crippen MR) is 85.5 cm³/mol. The van der Waals surface area contributed by atoms with E-state index in [1.54, 1.807) is 7.11 Å². The molecule has 0 saturated carbocycles. The van der Waals surface area contributed by atoms with Gasteiger partial charge in [0.2, 0.25) is 0 Å². The van der Waals surface area contributed by atoms with Crippen LogP contribution in [-0.4, -0.2) is 41.3 Å². The number of nitrogens with zero attached hydrogens (tertiary/aromatic N) is 3. The first kappa shape index (κ1) is 16.2. The van der Waals surface area contributed by atoms with Crippen molar-refractivity contribution in [2.45, 2.75) is 58.2 Å². The van der Waals surface area contributed by atoms with E-state index < -0.39 is 0 Å². The van der Waals surface area contributed by atoms with Crippen LogP contribution in [0.4, 0.5) is 5.82 Å². The molecule has 1 aromatic heterocycles. The molecule has 1 aliphatic rings. The summed E-state index contributed by atoms with van der Waals surface area (Å²) in [6, 6.07) is 0. The molecule has 118 valence electrons. The van der Waals surface area contributed by atoms with Gasteiger partial charge in [-0.05, 0) is 40.5 Å². The van der Waals surface area contributed by atoms with Crippen LogP contribution in [0, 0.1) is 0 Å². The van der Waals surface area contributed by atoms with Crippen LogP contribution in [0.2, 0.25) is 0 Å². The molecule has 0 spiro atoms. The van der Waals surface area contributed by atoms with Crippen molar-refractivity contribution in [1.29, 1.82) is 0 Å². The van der Waals surface area contributed by atoms with Crippen molar-refractivity contribution >= 4 is 5.82 Å². The minimum atomic E-state index is -0.0770. The highest BCUT2D eigenvalue weighted by atomic mass is 16.5. The molecule has 0 aromatic carbocycles.